The van der Waals surface area contributed by atoms with Gasteiger partial charge in [0.25, 0.3) is 0 Å². The van der Waals surface area contributed by atoms with Crippen LogP contribution in [0.2, 0.25) is 0 Å². The molecule has 1 aromatic rings. The van der Waals surface area contributed by atoms with E-state index in [0.29, 0.717) is 17.7 Å². The Morgan fingerprint density at radius 2 is 2.36 bits per heavy atom. The summed E-state index contributed by atoms with van der Waals surface area (Å²) in [4.78, 5) is 11.4. The molecular weight excluding hydrogens is 293 g/mol. The van der Waals surface area contributed by atoms with Gasteiger partial charge in [0, 0.05) is 3.57 Å². The molecule has 0 aliphatic carbocycles. The number of hydrogen-bond donors (Lipinski definition) is 0. The fourth-order valence-electron chi connectivity index (χ4n) is 0.992. The largest absolute Gasteiger partial charge is 0.462 e. The van der Waals surface area contributed by atoms with Crippen LogP contribution in [-0.2, 0) is 4.74 Å². The van der Waals surface area contributed by atoms with Gasteiger partial charge >= 0.3 is 5.97 Å². The first-order valence-electron chi connectivity index (χ1n) is 4.05. The molecule has 0 spiro atoms. The van der Waals surface area contributed by atoms with Crippen LogP contribution in [0.1, 0.15) is 22.8 Å². The number of halogens is 1. The zero-order valence-electron chi connectivity index (χ0n) is 7.58. The average Bonchev–Trinajstić information content (AvgIpc) is 2.18. The Bertz CT molecular complexity index is 396. The zero-order valence-corrected chi connectivity index (χ0v) is 9.74. The van der Waals surface area contributed by atoms with Crippen molar-refractivity contribution in [2.75, 3.05) is 6.61 Å². The summed E-state index contributed by atoms with van der Waals surface area (Å²) >= 11 is 2.08. The Labute approximate surface area is 95.8 Å². The lowest BCUT2D eigenvalue weighted by Gasteiger charge is -2.03. The standard InChI is InChI=1S/C10H8INO2/c1-2-14-10(13)9-5-8(11)4-3-7(9)6-12/h3-5H,2H2,1H3. The van der Waals surface area contributed by atoms with E-state index in [2.05, 4.69) is 22.6 Å². The summed E-state index contributed by atoms with van der Waals surface area (Å²) in [5, 5.41) is 8.77. The Hall–Kier alpha value is -1.09. The van der Waals surface area contributed by atoms with E-state index < -0.39 is 5.97 Å². The number of esters is 1. The SMILES string of the molecule is CCOC(=O)c1cc(I)ccc1C#N. The molecule has 0 aromatic heterocycles. The third kappa shape index (κ3) is 2.45. The summed E-state index contributed by atoms with van der Waals surface area (Å²) in [6.07, 6.45) is 0. The first-order valence-corrected chi connectivity index (χ1v) is 5.13. The van der Waals surface area contributed by atoms with Crippen LogP contribution in [0.5, 0.6) is 0 Å². The van der Waals surface area contributed by atoms with E-state index in [0.717, 1.165) is 3.57 Å². The molecule has 72 valence electrons. The molecule has 0 bridgehead atoms. The van der Waals surface area contributed by atoms with Gasteiger partial charge in [0.2, 0.25) is 0 Å². The number of benzene rings is 1. The number of nitriles is 1. The van der Waals surface area contributed by atoms with E-state index in [4.69, 9.17) is 10.00 Å². The Kier molecular flexibility index (Phi) is 3.89. The van der Waals surface area contributed by atoms with E-state index in [1.54, 1.807) is 25.1 Å². The maximum absolute atomic E-state index is 11.4. The second-order valence-corrected chi connectivity index (χ2v) is 3.77. The molecule has 0 fully saturated rings. The van der Waals surface area contributed by atoms with E-state index in [9.17, 15) is 4.79 Å². The lowest BCUT2D eigenvalue weighted by Crippen LogP contribution is -2.07. The molecule has 0 radical (unpaired) electrons. The van der Waals surface area contributed by atoms with E-state index >= 15 is 0 Å². The number of ether oxygens (including phenoxy) is 1. The maximum atomic E-state index is 11.4. The number of rotatable bonds is 2. The van der Waals surface area contributed by atoms with Crippen molar-refractivity contribution in [2.24, 2.45) is 0 Å². The Morgan fingerprint density at radius 3 is 2.93 bits per heavy atom. The molecule has 1 aromatic carbocycles. The fourth-order valence-corrected chi connectivity index (χ4v) is 1.48. The zero-order chi connectivity index (χ0) is 10.6. The van der Waals surface area contributed by atoms with Crippen molar-refractivity contribution >= 4 is 28.6 Å². The van der Waals surface area contributed by atoms with Crippen LogP contribution >= 0.6 is 22.6 Å². The molecule has 0 amide bonds. The quantitative estimate of drug-likeness (QED) is 0.622. The van der Waals surface area contributed by atoms with Gasteiger partial charge in [-0.1, -0.05) is 0 Å². The van der Waals surface area contributed by atoms with E-state index in [1.807, 2.05) is 6.07 Å². The first kappa shape index (κ1) is 11.0. The van der Waals surface area contributed by atoms with Crippen molar-refractivity contribution in [3.8, 4) is 6.07 Å². The third-order valence-electron chi connectivity index (χ3n) is 1.60. The minimum atomic E-state index is -0.442. The highest BCUT2D eigenvalue weighted by Crippen LogP contribution is 2.14. The van der Waals surface area contributed by atoms with Crippen LogP contribution < -0.4 is 0 Å². The molecule has 3 nitrogen and oxygen atoms in total. The van der Waals surface area contributed by atoms with Gasteiger partial charge in [0.05, 0.1) is 17.7 Å². The normalized spacial score (nSPS) is 9.21. The van der Waals surface area contributed by atoms with Gasteiger partial charge in [-0.25, -0.2) is 4.79 Å². The van der Waals surface area contributed by atoms with Gasteiger partial charge in [-0.05, 0) is 47.7 Å². The van der Waals surface area contributed by atoms with E-state index in [1.165, 1.54) is 0 Å². The highest BCUT2D eigenvalue weighted by Gasteiger charge is 2.12. The fraction of sp³-hybridized carbons (Fsp3) is 0.200. The van der Waals surface area contributed by atoms with Crippen molar-refractivity contribution in [3.63, 3.8) is 0 Å². The molecule has 0 saturated carbocycles. The molecule has 1 rings (SSSR count). The van der Waals surface area contributed by atoms with Crippen molar-refractivity contribution in [1.82, 2.24) is 0 Å². The van der Waals surface area contributed by atoms with Crippen LogP contribution in [0, 0.1) is 14.9 Å². The second kappa shape index (κ2) is 4.96. The summed E-state index contributed by atoms with van der Waals surface area (Å²) < 4.78 is 5.74. The van der Waals surface area contributed by atoms with Crippen LogP contribution in [-0.4, -0.2) is 12.6 Å². The van der Waals surface area contributed by atoms with Crippen molar-refractivity contribution in [3.05, 3.63) is 32.9 Å². The lowest BCUT2D eigenvalue weighted by atomic mass is 10.1. The van der Waals surface area contributed by atoms with Crippen molar-refractivity contribution in [1.29, 1.82) is 5.26 Å². The highest BCUT2D eigenvalue weighted by atomic mass is 127. The van der Waals surface area contributed by atoms with Crippen LogP contribution in [0.4, 0.5) is 0 Å². The van der Waals surface area contributed by atoms with Gasteiger partial charge in [-0.15, -0.1) is 0 Å². The molecule has 0 aliphatic rings. The van der Waals surface area contributed by atoms with Gasteiger partial charge in [0.1, 0.15) is 6.07 Å². The molecule has 14 heavy (non-hydrogen) atoms. The predicted octanol–water partition coefficient (Wildman–Crippen LogP) is 2.34. The van der Waals surface area contributed by atoms with Gasteiger partial charge in [-0.3, -0.25) is 0 Å². The summed E-state index contributed by atoms with van der Waals surface area (Å²) in [6.45, 7) is 2.05. The summed E-state index contributed by atoms with van der Waals surface area (Å²) in [5.74, 6) is -0.442. The first-order chi connectivity index (χ1) is 6.69. The highest BCUT2D eigenvalue weighted by molar-refractivity contribution is 14.1. The summed E-state index contributed by atoms with van der Waals surface area (Å²) in [5.41, 5.74) is 0.685. The minimum absolute atomic E-state index is 0.315. The molecule has 0 unspecified atom stereocenters. The lowest BCUT2D eigenvalue weighted by molar-refractivity contribution is 0.0526. The third-order valence-corrected chi connectivity index (χ3v) is 2.27. The predicted molar refractivity (Wildman–Crippen MR) is 59.8 cm³/mol. The van der Waals surface area contributed by atoms with E-state index in [-0.39, 0.29) is 0 Å². The molecular formula is C10H8INO2. The minimum Gasteiger partial charge on any atom is -0.462 e. The molecule has 0 heterocycles. The summed E-state index contributed by atoms with van der Waals surface area (Å²) in [6, 6.07) is 7.01. The van der Waals surface area contributed by atoms with Crippen molar-refractivity contribution in [2.45, 2.75) is 6.92 Å². The molecule has 0 aliphatic heterocycles. The van der Waals surface area contributed by atoms with Gasteiger partial charge in [-0.2, -0.15) is 5.26 Å². The topological polar surface area (TPSA) is 50.1 Å². The molecule has 4 heteroatoms. The molecule has 0 N–H and O–H groups in total. The number of nitrogens with zero attached hydrogens (tertiary/aromatic N) is 1. The number of carbonyl (C=O) groups is 1. The summed E-state index contributed by atoms with van der Waals surface area (Å²) in [7, 11) is 0. The van der Waals surface area contributed by atoms with Crippen LogP contribution in [0.25, 0.3) is 0 Å². The smallest absolute Gasteiger partial charge is 0.339 e. The number of hydrogen-bond acceptors (Lipinski definition) is 3. The number of carbonyl (C=O) groups excluding carboxylic acids is 1. The van der Waals surface area contributed by atoms with Crippen LogP contribution in [0.15, 0.2) is 18.2 Å². The monoisotopic (exact) mass is 301 g/mol. The van der Waals surface area contributed by atoms with Crippen molar-refractivity contribution < 1.29 is 9.53 Å². The van der Waals surface area contributed by atoms with Gasteiger partial charge < -0.3 is 4.74 Å². The Balaban J connectivity index is 3.12. The van der Waals surface area contributed by atoms with Crippen LogP contribution in [0.3, 0.4) is 0 Å². The average molecular weight is 301 g/mol. The molecule has 0 atom stereocenters. The van der Waals surface area contributed by atoms with Gasteiger partial charge in [0.15, 0.2) is 0 Å². The molecule has 0 saturated heterocycles. The maximum Gasteiger partial charge on any atom is 0.339 e. The second-order valence-electron chi connectivity index (χ2n) is 2.52. The Morgan fingerprint density at radius 1 is 1.64 bits per heavy atom.